The quantitative estimate of drug-likeness (QED) is 0.638. The minimum absolute atomic E-state index is 0.0118. The van der Waals surface area contributed by atoms with Crippen molar-refractivity contribution in [2.75, 3.05) is 26.7 Å². The zero-order valence-electron chi connectivity index (χ0n) is 8.13. The highest BCUT2D eigenvalue weighted by Gasteiger charge is 2.07. The molecular weight excluding hydrogens is 182 g/mol. The summed E-state index contributed by atoms with van der Waals surface area (Å²) in [6, 6.07) is 9.74. The predicted molar refractivity (Wildman–Crippen MR) is 62.1 cm³/mol. The lowest BCUT2D eigenvalue weighted by molar-refractivity contribution is 1.79. The number of benzene rings is 1. The molecular formula is C10H15P2. The smallest absolute Gasteiger partial charge is 0.00911 e. The van der Waals surface area contributed by atoms with Gasteiger partial charge in [0.2, 0.25) is 0 Å². The largest absolute Gasteiger partial charge is 0.0810 e. The molecule has 0 saturated carbocycles. The second-order valence-electron chi connectivity index (χ2n) is 3.19. The Labute approximate surface area is 77.9 Å². The third kappa shape index (κ3) is 2.28. The molecule has 1 aromatic rings. The first kappa shape index (κ1) is 10.2. The lowest BCUT2D eigenvalue weighted by atomic mass is 10.4. The van der Waals surface area contributed by atoms with Crippen LogP contribution in [-0.2, 0) is 0 Å². The van der Waals surface area contributed by atoms with Crippen LogP contribution in [0.25, 0.3) is 0 Å². The molecule has 65 valence electrons. The van der Waals surface area contributed by atoms with Crippen LogP contribution in [0.4, 0.5) is 0 Å². The second-order valence-corrected chi connectivity index (χ2v) is 7.70. The lowest BCUT2D eigenvalue weighted by Gasteiger charge is -2.14. The van der Waals surface area contributed by atoms with Crippen molar-refractivity contribution in [1.82, 2.24) is 0 Å². The zero-order valence-corrected chi connectivity index (χ0v) is 9.92. The molecule has 2 heteroatoms. The van der Waals surface area contributed by atoms with Crippen LogP contribution in [0.3, 0.4) is 0 Å². The second kappa shape index (κ2) is 4.35. The van der Waals surface area contributed by atoms with E-state index in [1.54, 1.807) is 0 Å². The van der Waals surface area contributed by atoms with Gasteiger partial charge in [0.1, 0.15) is 0 Å². The fraction of sp³-hybridized carbons (Fsp3) is 0.400. The maximum atomic E-state index is 3.36. The van der Waals surface area contributed by atoms with E-state index in [0.717, 1.165) is 0 Å². The summed E-state index contributed by atoms with van der Waals surface area (Å²) in [5, 5.41) is 2.99. The van der Waals surface area contributed by atoms with Gasteiger partial charge in [-0.2, -0.15) is 0 Å². The van der Waals surface area contributed by atoms with E-state index < -0.39 is 0 Å². The molecule has 0 heterocycles. The molecule has 0 aromatic heterocycles. The molecule has 0 aliphatic carbocycles. The molecule has 0 fully saturated rings. The maximum absolute atomic E-state index is 3.36. The van der Waals surface area contributed by atoms with Gasteiger partial charge in [-0.05, 0) is 43.3 Å². The summed E-state index contributed by atoms with van der Waals surface area (Å²) < 4.78 is 0. The summed E-state index contributed by atoms with van der Waals surface area (Å²) in [6.45, 7) is 9.20. The molecule has 0 unspecified atom stereocenters. The van der Waals surface area contributed by atoms with Gasteiger partial charge in [-0.3, -0.25) is 0 Å². The third-order valence-corrected chi connectivity index (χ3v) is 4.52. The van der Waals surface area contributed by atoms with E-state index in [2.05, 4.69) is 44.9 Å². The highest BCUT2D eigenvalue weighted by molar-refractivity contribution is 7.70. The van der Waals surface area contributed by atoms with Gasteiger partial charge in [-0.25, -0.2) is 0 Å². The van der Waals surface area contributed by atoms with Gasteiger partial charge < -0.3 is 0 Å². The van der Waals surface area contributed by atoms with Gasteiger partial charge in [0, 0.05) is 0 Å². The Morgan fingerprint density at radius 2 is 1.75 bits per heavy atom. The van der Waals surface area contributed by atoms with Gasteiger partial charge in [0.15, 0.2) is 0 Å². The van der Waals surface area contributed by atoms with Crippen molar-refractivity contribution in [1.29, 1.82) is 0 Å². The minimum atomic E-state index is 0.0118. The fourth-order valence-corrected chi connectivity index (χ4v) is 4.08. The average Bonchev–Trinajstić information content (AvgIpc) is 2.04. The van der Waals surface area contributed by atoms with Crippen molar-refractivity contribution in [2.24, 2.45) is 0 Å². The van der Waals surface area contributed by atoms with E-state index in [4.69, 9.17) is 0 Å². The van der Waals surface area contributed by atoms with Crippen LogP contribution in [-0.4, -0.2) is 26.7 Å². The summed E-state index contributed by atoms with van der Waals surface area (Å²) in [7, 11) is 0.0480. The van der Waals surface area contributed by atoms with Gasteiger partial charge in [0.25, 0.3) is 0 Å². The third-order valence-electron chi connectivity index (χ3n) is 1.74. The van der Waals surface area contributed by atoms with E-state index in [1.165, 1.54) is 10.6 Å². The highest BCUT2D eigenvalue weighted by atomic mass is 31.1. The fourth-order valence-electron chi connectivity index (χ4n) is 1.14. The first-order valence-corrected chi connectivity index (χ1v) is 8.45. The van der Waals surface area contributed by atoms with Crippen LogP contribution < -0.4 is 10.6 Å². The van der Waals surface area contributed by atoms with E-state index >= 15 is 0 Å². The summed E-state index contributed by atoms with van der Waals surface area (Å²) in [6.07, 6.45) is 0. The van der Waals surface area contributed by atoms with Crippen molar-refractivity contribution >= 4 is 26.5 Å². The summed E-state index contributed by atoms with van der Waals surface area (Å²) in [5.41, 5.74) is 0. The monoisotopic (exact) mass is 197 g/mol. The molecule has 0 amide bonds. The molecule has 0 N–H and O–H groups in total. The molecule has 0 saturated heterocycles. The Morgan fingerprint density at radius 3 is 2.17 bits per heavy atom. The summed E-state index contributed by atoms with van der Waals surface area (Å²) >= 11 is 0. The molecule has 0 atom stereocenters. The van der Waals surface area contributed by atoms with Gasteiger partial charge in [0.05, 0.1) is 0 Å². The SMILES string of the molecule is CP(C)c1[c]cccc1P(C)C. The Hall–Kier alpha value is 0.0800. The lowest BCUT2D eigenvalue weighted by Crippen LogP contribution is -2.20. The molecule has 0 bridgehead atoms. The normalized spacial score (nSPS) is 11.2. The first-order chi connectivity index (χ1) is 5.63. The summed E-state index contributed by atoms with van der Waals surface area (Å²) in [4.78, 5) is 0. The van der Waals surface area contributed by atoms with Gasteiger partial charge in [-0.1, -0.05) is 34.0 Å². The van der Waals surface area contributed by atoms with Crippen molar-refractivity contribution in [3.8, 4) is 0 Å². The zero-order chi connectivity index (χ0) is 9.14. The van der Waals surface area contributed by atoms with Crippen molar-refractivity contribution in [2.45, 2.75) is 0 Å². The van der Waals surface area contributed by atoms with Crippen LogP contribution in [0.1, 0.15) is 0 Å². The van der Waals surface area contributed by atoms with E-state index in [0.29, 0.717) is 0 Å². The van der Waals surface area contributed by atoms with E-state index in [-0.39, 0.29) is 15.8 Å². The molecule has 1 aromatic carbocycles. The molecule has 0 spiro atoms. The van der Waals surface area contributed by atoms with Gasteiger partial charge in [-0.15, -0.1) is 0 Å². The standard InChI is InChI=1S/C10H15P2/c1-11(2)9-7-5-6-8-10(9)12(3)4/h5-7H,1-4H3. The van der Waals surface area contributed by atoms with Crippen LogP contribution in [0.2, 0.25) is 0 Å². The molecule has 1 radical (unpaired) electrons. The van der Waals surface area contributed by atoms with Crippen LogP contribution in [0, 0.1) is 6.07 Å². The van der Waals surface area contributed by atoms with E-state index in [9.17, 15) is 0 Å². The Kier molecular flexibility index (Phi) is 3.69. The van der Waals surface area contributed by atoms with Crippen molar-refractivity contribution < 1.29 is 0 Å². The summed E-state index contributed by atoms with van der Waals surface area (Å²) in [5.74, 6) is 0. The van der Waals surface area contributed by atoms with Crippen LogP contribution >= 0.6 is 15.8 Å². The topological polar surface area (TPSA) is 0 Å². The van der Waals surface area contributed by atoms with Crippen LogP contribution in [0.15, 0.2) is 18.2 Å². The minimum Gasteiger partial charge on any atom is -0.0810 e. The van der Waals surface area contributed by atoms with Crippen molar-refractivity contribution in [3.63, 3.8) is 0 Å². The molecule has 1 rings (SSSR count). The highest BCUT2D eigenvalue weighted by Crippen LogP contribution is 2.29. The molecule has 0 nitrogen and oxygen atoms in total. The number of hydrogen-bond donors (Lipinski definition) is 0. The predicted octanol–water partition coefficient (Wildman–Crippen LogP) is 2.22. The van der Waals surface area contributed by atoms with E-state index in [1.807, 2.05) is 6.07 Å². The van der Waals surface area contributed by atoms with Gasteiger partial charge >= 0.3 is 0 Å². The Bertz CT molecular complexity index is 227. The maximum Gasteiger partial charge on any atom is -0.00911 e. The Balaban J connectivity index is 3.09. The average molecular weight is 197 g/mol. The number of rotatable bonds is 2. The molecule has 12 heavy (non-hydrogen) atoms. The Morgan fingerprint density at radius 1 is 1.08 bits per heavy atom. The first-order valence-electron chi connectivity index (χ1n) is 3.98. The van der Waals surface area contributed by atoms with Crippen molar-refractivity contribution in [3.05, 3.63) is 24.3 Å². The van der Waals surface area contributed by atoms with Crippen LogP contribution in [0.5, 0.6) is 0 Å². The molecule has 0 aliphatic heterocycles. The molecule has 0 aliphatic rings. The number of hydrogen-bond acceptors (Lipinski definition) is 0.